The average molecular weight is 354 g/mol. The van der Waals surface area contributed by atoms with Gasteiger partial charge in [-0.25, -0.2) is 4.39 Å². The summed E-state index contributed by atoms with van der Waals surface area (Å²) in [4.78, 5) is 0. The van der Waals surface area contributed by atoms with Gasteiger partial charge in [-0.3, -0.25) is 0 Å². The number of nitrogens with one attached hydrogen (secondary N) is 1. The van der Waals surface area contributed by atoms with E-state index >= 15 is 0 Å². The topological polar surface area (TPSA) is 47.0 Å². The molecule has 0 fully saturated rings. The van der Waals surface area contributed by atoms with Crippen molar-refractivity contribution in [3.8, 4) is 5.88 Å². The van der Waals surface area contributed by atoms with Crippen molar-refractivity contribution in [3.05, 3.63) is 51.9 Å². The van der Waals surface area contributed by atoms with Crippen LogP contribution >= 0.6 is 15.9 Å². The Morgan fingerprint density at radius 3 is 2.67 bits per heavy atom. The Kier molecular flexibility index (Phi) is 5.64. The van der Waals surface area contributed by atoms with Crippen LogP contribution < -0.4 is 10.1 Å². The van der Waals surface area contributed by atoms with Crippen LogP contribution in [0.25, 0.3) is 0 Å². The highest BCUT2D eigenvalue weighted by Gasteiger charge is 2.15. The summed E-state index contributed by atoms with van der Waals surface area (Å²) in [5.41, 5.74) is 1.84. The Hall–Kier alpha value is -1.53. The van der Waals surface area contributed by atoms with Crippen LogP contribution in [0.15, 0.2) is 34.8 Å². The summed E-state index contributed by atoms with van der Waals surface area (Å²) >= 11 is 3.40. The van der Waals surface area contributed by atoms with Crippen molar-refractivity contribution in [2.45, 2.75) is 19.4 Å². The molecule has 0 aliphatic rings. The fraction of sp³-hybridized carbons (Fsp3) is 0.333. The van der Waals surface area contributed by atoms with Gasteiger partial charge in [-0.05, 0) is 36.7 Å². The largest absolute Gasteiger partial charge is 0.480 e. The molecule has 0 amide bonds. The van der Waals surface area contributed by atoms with Gasteiger partial charge in [0.1, 0.15) is 5.82 Å². The number of nitrogens with zero attached hydrogens (tertiary/aromatic N) is 2. The molecule has 2 aromatic rings. The number of hydrogen-bond acceptors (Lipinski definition) is 4. The number of aromatic nitrogens is 2. The maximum absolute atomic E-state index is 13.2. The second kappa shape index (κ2) is 7.47. The van der Waals surface area contributed by atoms with E-state index in [-0.39, 0.29) is 11.9 Å². The lowest BCUT2D eigenvalue weighted by Crippen LogP contribution is -2.24. The van der Waals surface area contributed by atoms with Gasteiger partial charge in [0.05, 0.1) is 18.8 Å². The fourth-order valence-corrected chi connectivity index (χ4v) is 2.57. The van der Waals surface area contributed by atoms with Gasteiger partial charge in [0.2, 0.25) is 5.88 Å². The monoisotopic (exact) mass is 353 g/mol. The molecule has 0 radical (unpaired) electrons. The van der Waals surface area contributed by atoms with Gasteiger partial charge in [-0.15, -0.1) is 5.10 Å². The van der Waals surface area contributed by atoms with Crippen LogP contribution in [0.2, 0.25) is 0 Å². The molecule has 112 valence electrons. The van der Waals surface area contributed by atoms with Gasteiger partial charge in [-0.2, -0.15) is 5.10 Å². The number of benzene rings is 1. The van der Waals surface area contributed by atoms with E-state index in [4.69, 9.17) is 4.74 Å². The molecule has 4 nitrogen and oxygen atoms in total. The summed E-state index contributed by atoms with van der Waals surface area (Å²) in [5.74, 6) is 0.229. The fourth-order valence-electron chi connectivity index (χ4n) is 2.06. The van der Waals surface area contributed by atoms with E-state index in [1.807, 2.05) is 13.0 Å². The van der Waals surface area contributed by atoms with E-state index in [1.54, 1.807) is 19.2 Å². The standard InChI is InChI=1S/C15H17BrFN3O/c1-3-18-14(13-6-7-15(21-2)20-19-13)8-10-4-5-11(17)9-12(10)16/h4-7,9,14,18H,3,8H2,1-2H3. The summed E-state index contributed by atoms with van der Waals surface area (Å²) < 4.78 is 18.9. The van der Waals surface area contributed by atoms with Crippen molar-refractivity contribution in [1.82, 2.24) is 15.5 Å². The predicted octanol–water partition coefficient (Wildman–Crippen LogP) is 3.28. The van der Waals surface area contributed by atoms with Crippen LogP contribution in [0.4, 0.5) is 4.39 Å². The zero-order valence-electron chi connectivity index (χ0n) is 11.9. The first-order chi connectivity index (χ1) is 10.1. The van der Waals surface area contributed by atoms with Gasteiger partial charge in [0.25, 0.3) is 0 Å². The molecule has 21 heavy (non-hydrogen) atoms. The molecule has 1 heterocycles. The SMILES string of the molecule is CCNC(Cc1ccc(F)cc1Br)c1ccc(OC)nn1. The number of hydrogen-bond donors (Lipinski definition) is 1. The lowest BCUT2D eigenvalue weighted by Gasteiger charge is -2.18. The molecule has 1 atom stereocenters. The Morgan fingerprint density at radius 1 is 1.29 bits per heavy atom. The van der Waals surface area contributed by atoms with Gasteiger partial charge in [-0.1, -0.05) is 28.9 Å². The first-order valence-corrected chi connectivity index (χ1v) is 7.48. The lowest BCUT2D eigenvalue weighted by molar-refractivity contribution is 0.389. The van der Waals surface area contributed by atoms with Crippen LogP contribution in [0, 0.1) is 5.82 Å². The summed E-state index contributed by atoms with van der Waals surface area (Å²) in [6.45, 7) is 2.83. The summed E-state index contributed by atoms with van der Waals surface area (Å²) in [7, 11) is 1.56. The quantitative estimate of drug-likeness (QED) is 0.865. The predicted molar refractivity (Wildman–Crippen MR) is 82.8 cm³/mol. The first kappa shape index (κ1) is 15.9. The maximum Gasteiger partial charge on any atom is 0.233 e. The molecule has 2 rings (SSSR count). The van der Waals surface area contributed by atoms with Crippen molar-refractivity contribution in [2.24, 2.45) is 0 Å². The summed E-state index contributed by atoms with van der Waals surface area (Å²) in [6, 6.07) is 8.39. The number of likely N-dealkylation sites (N-methyl/N-ethyl adjacent to an activating group) is 1. The number of rotatable bonds is 6. The van der Waals surface area contributed by atoms with Gasteiger partial charge >= 0.3 is 0 Å². The van der Waals surface area contributed by atoms with Crippen LogP contribution in [-0.4, -0.2) is 23.9 Å². The third-order valence-electron chi connectivity index (χ3n) is 3.12. The summed E-state index contributed by atoms with van der Waals surface area (Å²) in [5, 5.41) is 11.5. The van der Waals surface area contributed by atoms with Gasteiger partial charge in [0.15, 0.2) is 0 Å². The van der Waals surface area contributed by atoms with E-state index < -0.39 is 0 Å². The van der Waals surface area contributed by atoms with Crippen LogP contribution in [0.1, 0.15) is 24.2 Å². The normalized spacial score (nSPS) is 12.2. The molecule has 6 heteroatoms. The minimum Gasteiger partial charge on any atom is -0.480 e. The Morgan fingerprint density at radius 2 is 2.10 bits per heavy atom. The van der Waals surface area contributed by atoms with E-state index in [0.717, 1.165) is 22.3 Å². The van der Waals surface area contributed by atoms with Crippen molar-refractivity contribution < 1.29 is 9.13 Å². The zero-order valence-corrected chi connectivity index (χ0v) is 13.5. The minimum absolute atomic E-state index is 0.00941. The molecular weight excluding hydrogens is 337 g/mol. The van der Waals surface area contributed by atoms with Crippen molar-refractivity contribution in [2.75, 3.05) is 13.7 Å². The smallest absolute Gasteiger partial charge is 0.233 e. The molecule has 0 saturated carbocycles. The van der Waals surface area contributed by atoms with E-state index in [2.05, 4.69) is 31.4 Å². The van der Waals surface area contributed by atoms with E-state index in [1.165, 1.54) is 12.1 Å². The zero-order chi connectivity index (χ0) is 15.2. The summed E-state index contributed by atoms with van der Waals surface area (Å²) in [6.07, 6.45) is 0.690. The lowest BCUT2D eigenvalue weighted by atomic mass is 10.0. The Balaban J connectivity index is 2.21. The van der Waals surface area contributed by atoms with Crippen molar-refractivity contribution in [3.63, 3.8) is 0 Å². The third-order valence-corrected chi connectivity index (χ3v) is 3.85. The Bertz CT molecular complexity index is 592. The van der Waals surface area contributed by atoms with E-state index in [0.29, 0.717) is 12.3 Å². The highest BCUT2D eigenvalue weighted by atomic mass is 79.9. The number of ether oxygens (including phenoxy) is 1. The average Bonchev–Trinajstić information content (AvgIpc) is 2.49. The van der Waals surface area contributed by atoms with Gasteiger partial charge in [0, 0.05) is 10.5 Å². The van der Waals surface area contributed by atoms with Gasteiger partial charge < -0.3 is 10.1 Å². The first-order valence-electron chi connectivity index (χ1n) is 6.69. The van der Waals surface area contributed by atoms with E-state index in [9.17, 15) is 4.39 Å². The molecule has 1 aromatic heterocycles. The molecule has 0 bridgehead atoms. The van der Waals surface area contributed by atoms with Crippen LogP contribution in [0.5, 0.6) is 5.88 Å². The Labute approximate surface area is 131 Å². The number of methoxy groups -OCH3 is 1. The molecule has 0 aliphatic carbocycles. The van der Waals surface area contributed by atoms with Crippen molar-refractivity contribution >= 4 is 15.9 Å². The van der Waals surface area contributed by atoms with Crippen LogP contribution in [0.3, 0.4) is 0 Å². The van der Waals surface area contributed by atoms with Crippen LogP contribution in [-0.2, 0) is 6.42 Å². The molecule has 0 saturated heterocycles. The molecule has 1 unspecified atom stereocenters. The second-order valence-corrected chi connectivity index (χ2v) is 5.41. The molecule has 0 spiro atoms. The molecule has 1 N–H and O–H groups in total. The minimum atomic E-state index is -0.255. The number of halogens is 2. The highest BCUT2D eigenvalue weighted by molar-refractivity contribution is 9.10. The second-order valence-electron chi connectivity index (χ2n) is 4.55. The highest BCUT2D eigenvalue weighted by Crippen LogP contribution is 2.24. The molecular formula is C15H17BrFN3O. The molecule has 1 aromatic carbocycles. The van der Waals surface area contributed by atoms with Crippen molar-refractivity contribution in [1.29, 1.82) is 0 Å². The maximum atomic E-state index is 13.2. The third kappa shape index (κ3) is 4.22. The molecule has 0 aliphatic heterocycles.